The molecule has 0 radical (unpaired) electrons. The van der Waals surface area contributed by atoms with Crippen molar-refractivity contribution in [2.75, 3.05) is 27.2 Å². The van der Waals surface area contributed by atoms with Gasteiger partial charge in [-0.3, -0.25) is 0 Å². The number of aromatic nitrogens is 1. The first-order valence-corrected chi connectivity index (χ1v) is 9.69. The highest BCUT2D eigenvalue weighted by atomic mass is 35.5. The Hall–Kier alpha value is -2.02. The maximum Gasteiger partial charge on any atom is 0.269 e. The van der Waals surface area contributed by atoms with Crippen LogP contribution < -0.4 is 4.74 Å². The van der Waals surface area contributed by atoms with Crippen molar-refractivity contribution >= 4 is 32.5 Å². The van der Waals surface area contributed by atoms with Crippen molar-refractivity contribution in [3.05, 3.63) is 47.5 Å². The number of hydrogen-bond donors (Lipinski definition) is 0. The minimum Gasteiger partial charge on any atom is -0.489 e. The van der Waals surface area contributed by atoms with Gasteiger partial charge in [0, 0.05) is 22.5 Å². The first-order chi connectivity index (χ1) is 11.9. The van der Waals surface area contributed by atoms with Crippen molar-refractivity contribution < 1.29 is 13.2 Å². The summed E-state index contributed by atoms with van der Waals surface area (Å²) in [4.78, 5) is 2.32. The van der Waals surface area contributed by atoms with Gasteiger partial charge in [-0.15, -0.1) is 0 Å². The summed E-state index contributed by atoms with van der Waals surface area (Å²) in [7, 11) is 0.279. The number of benzene rings is 2. The molecule has 0 saturated carbocycles. The molecule has 0 saturated heterocycles. The van der Waals surface area contributed by atoms with Crippen LogP contribution in [0.25, 0.3) is 22.2 Å². The fourth-order valence-corrected chi connectivity index (χ4v) is 5.05. The average molecular weight is 377 g/mol. The summed E-state index contributed by atoms with van der Waals surface area (Å²) < 4.78 is 33.5. The third-order valence-electron chi connectivity index (χ3n) is 4.29. The molecule has 3 aromatic rings. The van der Waals surface area contributed by atoms with Crippen LogP contribution in [0.4, 0.5) is 0 Å². The third kappa shape index (κ3) is 2.44. The molecule has 0 amide bonds. The fourth-order valence-electron chi connectivity index (χ4n) is 3.15. The molecule has 25 heavy (non-hydrogen) atoms. The molecule has 1 aliphatic heterocycles. The van der Waals surface area contributed by atoms with Crippen LogP contribution in [0.5, 0.6) is 5.75 Å². The van der Waals surface area contributed by atoms with Crippen molar-refractivity contribution in [1.29, 1.82) is 0 Å². The van der Waals surface area contributed by atoms with Gasteiger partial charge in [0.1, 0.15) is 12.3 Å². The summed E-state index contributed by atoms with van der Waals surface area (Å²) in [6, 6.07) is 12.2. The van der Waals surface area contributed by atoms with E-state index in [1.807, 2.05) is 31.1 Å². The van der Waals surface area contributed by atoms with E-state index in [9.17, 15) is 8.42 Å². The number of nitrogens with zero attached hydrogens (tertiary/aromatic N) is 2. The maximum atomic E-state index is 13.0. The lowest BCUT2D eigenvalue weighted by atomic mass is 10.1. The van der Waals surface area contributed by atoms with Crippen molar-refractivity contribution in [1.82, 2.24) is 8.87 Å². The molecule has 5 nitrogen and oxygen atoms in total. The second-order valence-electron chi connectivity index (χ2n) is 6.26. The van der Waals surface area contributed by atoms with Gasteiger partial charge in [0.25, 0.3) is 10.0 Å². The van der Waals surface area contributed by atoms with Crippen molar-refractivity contribution in [2.24, 2.45) is 0 Å². The van der Waals surface area contributed by atoms with E-state index in [-0.39, 0.29) is 0 Å². The van der Waals surface area contributed by atoms with Gasteiger partial charge in [0.2, 0.25) is 0 Å². The Labute approximate surface area is 151 Å². The Morgan fingerprint density at radius 1 is 1.16 bits per heavy atom. The van der Waals surface area contributed by atoms with Crippen LogP contribution in [-0.2, 0) is 10.0 Å². The van der Waals surface area contributed by atoms with Gasteiger partial charge in [-0.1, -0.05) is 29.8 Å². The van der Waals surface area contributed by atoms with E-state index < -0.39 is 10.0 Å². The molecule has 0 N–H and O–H groups in total. The Balaban J connectivity index is 2.01. The zero-order valence-electron chi connectivity index (χ0n) is 13.9. The Morgan fingerprint density at radius 3 is 2.68 bits per heavy atom. The molecule has 0 fully saturated rings. The van der Waals surface area contributed by atoms with E-state index in [0.29, 0.717) is 44.4 Å². The summed E-state index contributed by atoms with van der Waals surface area (Å²) in [5, 5.41) is 1.25. The standard InChI is InChI=1S/C18H17ClN2O3S/c1-20(2)9-10-24-18-14-11-12(19)7-8-15(14)21-17(18)13-5-3-4-6-16(13)25(21,22)23/h3-8,11H,9-10H2,1-2H3. The Bertz CT molecular complexity index is 1090. The molecule has 4 rings (SSSR count). The normalized spacial score (nSPS) is 14.7. The lowest BCUT2D eigenvalue weighted by Crippen LogP contribution is -2.19. The van der Waals surface area contributed by atoms with Gasteiger partial charge in [0.15, 0.2) is 5.75 Å². The summed E-state index contributed by atoms with van der Waals surface area (Å²) in [6.45, 7) is 1.18. The van der Waals surface area contributed by atoms with Gasteiger partial charge >= 0.3 is 0 Å². The molecule has 1 aromatic heterocycles. The maximum absolute atomic E-state index is 13.0. The smallest absolute Gasteiger partial charge is 0.269 e. The van der Waals surface area contributed by atoms with Crippen LogP contribution in [0, 0.1) is 0 Å². The summed E-state index contributed by atoms with van der Waals surface area (Å²) in [6.07, 6.45) is 0. The summed E-state index contributed by atoms with van der Waals surface area (Å²) in [5.74, 6) is 0.563. The highest BCUT2D eigenvalue weighted by Gasteiger charge is 2.37. The van der Waals surface area contributed by atoms with Gasteiger partial charge in [0.05, 0.1) is 10.4 Å². The molecule has 7 heteroatoms. The minimum atomic E-state index is -3.64. The van der Waals surface area contributed by atoms with Crippen LogP contribution in [0.15, 0.2) is 47.4 Å². The van der Waals surface area contributed by atoms with Crippen LogP contribution in [-0.4, -0.2) is 44.5 Å². The SMILES string of the molecule is CN(C)CCOc1c2n(c3ccc(Cl)cc13)S(=O)(=O)c1ccccc1-2. The van der Waals surface area contributed by atoms with Crippen molar-refractivity contribution in [3.63, 3.8) is 0 Å². The predicted octanol–water partition coefficient (Wildman–Crippen LogP) is 3.45. The van der Waals surface area contributed by atoms with Gasteiger partial charge in [-0.05, 0) is 38.4 Å². The topological polar surface area (TPSA) is 51.5 Å². The highest BCUT2D eigenvalue weighted by molar-refractivity contribution is 7.90. The zero-order chi connectivity index (χ0) is 17.8. The van der Waals surface area contributed by atoms with E-state index in [1.165, 1.54) is 3.97 Å². The first kappa shape index (κ1) is 16.4. The number of halogens is 1. The van der Waals surface area contributed by atoms with Gasteiger partial charge < -0.3 is 9.64 Å². The lowest BCUT2D eigenvalue weighted by molar-refractivity contribution is 0.264. The fraction of sp³-hybridized carbons (Fsp3) is 0.222. The predicted molar refractivity (Wildman–Crippen MR) is 99.0 cm³/mol. The highest BCUT2D eigenvalue weighted by Crippen LogP contribution is 2.49. The van der Waals surface area contributed by atoms with E-state index in [2.05, 4.69) is 0 Å². The molecule has 0 bridgehead atoms. The summed E-state index contributed by atoms with van der Waals surface area (Å²) in [5.41, 5.74) is 1.82. The molecule has 0 unspecified atom stereocenters. The Morgan fingerprint density at radius 2 is 1.92 bits per heavy atom. The number of fused-ring (bicyclic) bond motifs is 5. The van der Waals surface area contributed by atoms with Gasteiger partial charge in [-0.25, -0.2) is 12.4 Å². The monoisotopic (exact) mass is 376 g/mol. The second-order valence-corrected chi connectivity index (χ2v) is 8.45. The average Bonchev–Trinajstić information content (AvgIpc) is 3.00. The zero-order valence-corrected chi connectivity index (χ0v) is 15.4. The molecular weight excluding hydrogens is 360 g/mol. The molecule has 1 aliphatic rings. The van der Waals surface area contributed by atoms with Crippen LogP contribution in [0.3, 0.4) is 0 Å². The number of ether oxygens (including phenoxy) is 1. The van der Waals surface area contributed by atoms with E-state index in [0.717, 1.165) is 6.54 Å². The third-order valence-corrected chi connectivity index (χ3v) is 6.29. The van der Waals surface area contributed by atoms with Crippen LogP contribution in [0.1, 0.15) is 0 Å². The minimum absolute atomic E-state index is 0.305. The van der Waals surface area contributed by atoms with E-state index >= 15 is 0 Å². The molecule has 0 atom stereocenters. The number of rotatable bonds is 4. The van der Waals surface area contributed by atoms with E-state index in [4.69, 9.17) is 16.3 Å². The lowest BCUT2D eigenvalue weighted by Gasteiger charge is -2.11. The summed E-state index contributed by atoms with van der Waals surface area (Å²) >= 11 is 6.15. The van der Waals surface area contributed by atoms with E-state index in [1.54, 1.807) is 30.3 Å². The largest absolute Gasteiger partial charge is 0.489 e. The van der Waals surface area contributed by atoms with Crippen LogP contribution in [0.2, 0.25) is 5.02 Å². The van der Waals surface area contributed by atoms with Crippen molar-refractivity contribution in [2.45, 2.75) is 4.90 Å². The molecule has 2 aromatic carbocycles. The second kappa shape index (κ2) is 5.76. The molecule has 2 heterocycles. The quantitative estimate of drug-likeness (QED) is 0.547. The molecular formula is C18H17ClN2O3S. The number of hydrogen-bond acceptors (Lipinski definition) is 4. The first-order valence-electron chi connectivity index (χ1n) is 7.88. The number of likely N-dealkylation sites (N-methyl/N-ethyl adjacent to an activating group) is 1. The molecule has 0 aliphatic carbocycles. The molecule has 130 valence electrons. The van der Waals surface area contributed by atoms with Gasteiger partial charge in [-0.2, -0.15) is 0 Å². The Kier molecular flexibility index (Phi) is 3.79. The molecule has 0 spiro atoms. The van der Waals surface area contributed by atoms with Crippen LogP contribution >= 0.6 is 11.6 Å². The van der Waals surface area contributed by atoms with Crippen molar-refractivity contribution in [3.8, 4) is 17.0 Å².